The molecule has 1 aromatic heterocycles. The van der Waals surface area contributed by atoms with E-state index >= 15 is 0 Å². The third kappa shape index (κ3) is 4.78. The van der Waals surface area contributed by atoms with Gasteiger partial charge in [-0.3, -0.25) is 15.2 Å². The summed E-state index contributed by atoms with van der Waals surface area (Å²) in [7, 11) is 1.70. The highest BCUT2D eigenvalue weighted by molar-refractivity contribution is 5.82. The van der Waals surface area contributed by atoms with Crippen LogP contribution in [0.5, 0.6) is 5.75 Å². The molecule has 0 fully saturated rings. The summed E-state index contributed by atoms with van der Waals surface area (Å²) < 4.78 is 46.8. The van der Waals surface area contributed by atoms with Crippen molar-refractivity contribution in [3.05, 3.63) is 47.9 Å². The predicted molar refractivity (Wildman–Crippen MR) is 114 cm³/mol. The van der Waals surface area contributed by atoms with Crippen LogP contribution >= 0.6 is 0 Å². The predicted octanol–water partition coefficient (Wildman–Crippen LogP) is 2.59. The van der Waals surface area contributed by atoms with Crippen LogP contribution in [0.1, 0.15) is 17.7 Å². The Hall–Kier alpha value is -3.98. The van der Waals surface area contributed by atoms with Crippen molar-refractivity contribution in [3.63, 3.8) is 0 Å². The molecular weight excluding hydrogens is 439 g/mol. The van der Waals surface area contributed by atoms with Crippen molar-refractivity contribution in [1.29, 1.82) is 5.26 Å². The number of nitriles is 1. The summed E-state index contributed by atoms with van der Waals surface area (Å²) >= 11 is 0. The van der Waals surface area contributed by atoms with E-state index < -0.39 is 11.7 Å². The van der Waals surface area contributed by atoms with Crippen LogP contribution in [0.4, 0.5) is 24.5 Å². The summed E-state index contributed by atoms with van der Waals surface area (Å²) in [6.45, 7) is 0.707. The molecule has 0 radical (unpaired) electrons. The highest BCUT2D eigenvalue weighted by Crippen LogP contribution is 2.40. The Morgan fingerprint density at radius 2 is 2.12 bits per heavy atom. The zero-order valence-electron chi connectivity index (χ0n) is 17.5. The van der Waals surface area contributed by atoms with E-state index in [9.17, 15) is 23.2 Å². The van der Waals surface area contributed by atoms with Crippen LogP contribution in [0.25, 0.3) is 11.3 Å². The summed E-state index contributed by atoms with van der Waals surface area (Å²) in [5.74, 6) is -0.439. The zero-order valence-corrected chi connectivity index (χ0v) is 17.5. The molecule has 33 heavy (non-hydrogen) atoms. The lowest BCUT2D eigenvalue weighted by Gasteiger charge is -2.23. The maximum absolute atomic E-state index is 13.8. The van der Waals surface area contributed by atoms with Crippen molar-refractivity contribution in [2.45, 2.75) is 12.6 Å². The first kappa shape index (κ1) is 22.2. The van der Waals surface area contributed by atoms with Crippen molar-refractivity contribution < 1.29 is 22.7 Å². The van der Waals surface area contributed by atoms with Crippen molar-refractivity contribution in [2.75, 3.05) is 37.2 Å². The number of amides is 1. The number of hydrazine groups is 2. The Labute approximate surface area is 187 Å². The molecule has 9 nitrogen and oxygen atoms in total. The molecule has 3 heterocycles. The lowest BCUT2D eigenvalue weighted by molar-refractivity contribution is -0.139. The highest BCUT2D eigenvalue weighted by atomic mass is 19.4. The fourth-order valence-electron chi connectivity index (χ4n) is 3.51. The standard InChI is InChI=1S/C21H20F3N7O2/c1-30-17-10-15(27-16(11-25)20(17)28-29-30)13-3-4-18(14(9-13)21(22,23)24)33-8-2-6-31-7-5-26-19(32)12-31/h3-5,7,9-10,28-29H,2,6,8,12H2,1H3,(H,26,32). The molecule has 0 saturated heterocycles. The number of nitrogens with one attached hydrogen (secondary N) is 3. The van der Waals surface area contributed by atoms with E-state index in [1.807, 2.05) is 6.07 Å². The molecule has 0 bridgehead atoms. The number of benzene rings is 1. The normalized spacial score (nSPS) is 15.1. The average molecular weight is 459 g/mol. The Balaban J connectivity index is 1.54. The van der Waals surface area contributed by atoms with Gasteiger partial charge in [0.2, 0.25) is 5.91 Å². The topological polar surface area (TPSA) is 106 Å². The SMILES string of the molecule is CN1NNc2c1cc(-c1ccc(OCCCN3C=CNC(=O)C3)c(C(F)(F)F)c1)nc2C#N. The second kappa shape index (κ2) is 8.87. The van der Waals surface area contributed by atoms with E-state index in [1.165, 1.54) is 18.3 Å². The minimum absolute atomic E-state index is 0.0478. The van der Waals surface area contributed by atoms with Crippen LogP contribution in [0.15, 0.2) is 36.7 Å². The summed E-state index contributed by atoms with van der Waals surface area (Å²) in [4.78, 5) is 17.3. The number of aromatic nitrogens is 1. The number of ether oxygens (including phenoxy) is 1. The van der Waals surface area contributed by atoms with Crippen molar-refractivity contribution in [1.82, 2.24) is 20.7 Å². The smallest absolute Gasteiger partial charge is 0.419 e. The molecule has 0 atom stereocenters. The quantitative estimate of drug-likeness (QED) is 0.567. The van der Waals surface area contributed by atoms with Gasteiger partial charge in [-0.15, -0.1) is 5.53 Å². The number of carbonyl (C=O) groups excluding carboxylic acids is 1. The van der Waals surface area contributed by atoms with Gasteiger partial charge in [0.05, 0.1) is 30.1 Å². The summed E-state index contributed by atoms with van der Waals surface area (Å²) in [6, 6.07) is 7.26. The van der Waals surface area contributed by atoms with E-state index in [0.29, 0.717) is 24.3 Å². The molecule has 12 heteroatoms. The highest BCUT2D eigenvalue weighted by Gasteiger charge is 2.35. The van der Waals surface area contributed by atoms with Crippen molar-refractivity contribution in [2.24, 2.45) is 0 Å². The van der Waals surface area contributed by atoms with Gasteiger partial charge in [0, 0.05) is 31.6 Å². The largest absolute Gasteiger partial charge is 0.493 e. The monoisotopic (exact) mass is 459 g/mol. The van der Waals surface area contributed by atoms with Crippen LogP contribution < -0.4 is 26.0 Å². The van der Waals surface area contributed by atoms with Crippen molar-refractivity contribution in [3.8, 4) is 23.1 Å². The number of hydrogen-bond donors (Lipinski definition) is 3. The number of pyridine rings is 1. The Kier molecular flexibility index (Phi) is 5.97. The van der Waals surface area contributed by atoms with Gasteiger partial charge in [-0.25, -0.2) is 4.98 Å². The maximum Gasteiger partial charge on any atom is 0.419 e. The molecule has 172 valence electrons. The minimum atomic E-state index is -4.65. The maximum atomic E-state index is 13.8. The van der Waals surface area contributed by atoms with Gasteiger partial charge in [0.1, 0.15) is 17.5 Å². The van der Waals surface area contributed by atoms with Gasteiger partial charge in [0.15, 0.2) is 5.69 Å². The van der Waals surface area contributed by atoms with Gasteiger partial charge in [-0.05, 0) is 30.7 Å². The van der Waals surface area contributed by atoms with Gasteiger partial charge in [-0.2, -0.15) is 18.4 Å². The number of fused-ring (bicyclic) bond motifs is 1. The number of rotatable bonds is 6. The first-order chi connectivity index (χ1) is 15.8. The van der Waals surface area contributed by atoms with Crippen LogP contribution in [-0.4, -0.2) is 42.5 Å². The minimum Gasteiger partial charge on any atom is -0.493 e. The molecule has 2 aromatic rings. The second-order valence-corrected chi connectivity index (χ2v) is 7.42. The molecule has 0 saturated carbocycles. The molecule has 3 N–H and O–H groups in total. The third-order valence-electron chi connectivity index (χ3n) is 5.12. The lowest BCUT2D eigenvalue weighted by Crippen LogP contribution is -2.37. The average Bonchev–Trinajstić information content (AvgIpc) is 3.16. The summed E-state index contributed by atoms with van der Waals surface area (Å²) in [5, 5.41) is 13.5. The summed E-state index contributed by atoms with van der Waals surface area (Å²) in [6.07, 6.45) is -0.991. The van der Waals surface area contributed by atoms with E-state index in [1.54, 1.807) is 29.2 Å². The van der Waals surface area contributed by atoms with Gasteiger partial charge >= 0.3 is 6.18 Å². The van der Waals surface area contributed by atoms with E-state index in [2.05, 4.69) is 21.3 Å². The molecule has 2 aliphatic rings. The third-order valence-corrected chi connectivity index (χ3v) is 5.12. The molecule has 2 aliphatic heterocycles. The summed E-state index contributed by atoms with van der Waals surface area (Å²) in [5.41, 5.74) is 6.23. The fraction of sp³-hybridized carbons (Fsp3) is 0.286. The number of hydrogen-bond acceptors (Lipinski definition) is 8. The van der Waals surface area contributed by atoms with E-state index in [4.69, 9.17) is 4.74 Å². The number of alkyl halides is 3. The van der Waals surface area contributed by atoms with Crippen molar-refractivity contribution >= 4 is 17.3 Å². The first-order valence-electron chi connectivity index (χ1n) is 10.0. The molecule has 0 unspecified atom stereocenters. The van der Waals surface area contributed by atoms with Gasteiger partial charge in [-0.1, -0.05) is 0 Å². The number of nitrogens with zero attached hydrogens (tertiary/aromatic N) is 4. The van der Waals surface area contributed by atoms with E-state index in [0.717, 1.165) is 6.07 Å². The lowest BCUT2D eigenvalue weighted by atomic mass is 10.0. The number of halogens is 3. The van der Waals surface area contributed by atoms with Gasteiger partial charge in [0.25, 0.3) is 0 Å². The molecular formula is C21H20F3N7O2. The Bertz CT molecular complexity index is 1140. The van der Waals surface area contributed by atoms with Crippen LogP contribution in [0, 0.1) is 11.3 Å². The number of carbonyl (C=O) groups is 1. The fourth-order valence-corrected chi connectivity index (χ4v) is 3.51. The Morgan fingerprint density at radius 3 is 2.85 bits per heavy atom. The van der Waals surface area contributed by atoms with Gasteiger partial charge < -0.3 is 15.0 Å². The van der Waals surface area contributed by atoms with E-state index in [-0.39, 0.29) is 41.8 Å². The van der Waals surface area contributed by atoms with Crippen LogP contribution in [0.2, 0.25) is 0 Å². The number of anilines is 2. The Morgan fingerprint density at radius 1 is 1.30 bits per heavy atom. The molecule has 4 rings (SSSR count). The molecule has 0 aliphatic carbocycles. The molecule has 1 amide bonds. The molecule has 0 spiro atoms. The zero-order chi connectivity index (χ0) is 23.6. The van der Waals surface area contributed by atoms with Crippen LogP contribution in [-0.2, 0) is 11.0 Å². The first-order valence-corrected chi connectivity index (χ1v) is 10.0. The van der Waals surface area contributed by atoms with Crippen LogP contribution in [0.3, 0.4) is 0 Å². The second-order valence-electron chi connectivity index (χ2n) is 7.42. The molecule has 1 aromatic carbocycles.